The van der Waals surface area contributed by atoms with Crippen molar-refractivity contribution in [3.05, 3.63) is 39.4 Å². The minimum Gasteiger partial charge on any atom is -0.235 e. The van der Waals surface area contributed by atoms with Gasteiger partial charge in [-0.15, -0.1) is 0 Å². The fourth-order valence-electron chi connectivity index (χ4n) is 0.602. The first-order valence-corrected chi connectivity index (χ1v) is 3.43. The fraction of sp³-hybridized carbons (Fsp3) is 0. The second-order valence-corrected chi connectivity index (χ2v) is 2.59. The van der Waals surface area contributed by atoms with E-state index < -0.39 is 5.82 Å². The summed E-state index contributed by atoms with van der Waals surface area (Å²) in [5.74, 6) is -0.755. The average molecular weight is 190 g/mol. The summed E-state index contributed by atoms with van der Waals surface area (Å²) < 4.78 is 12.8. The molecule has 0 aliphatic rings. The Kier molecular flexibility index (Phi) is 2.33. The molecule has 0 bridgehead atoms. The lowest BCUT2D eigenvalue weighted by molar-refractivity contribution is 0.634. The van der Waals surface area contributed by atoms with Gasteiger partial charge in [0, 0.05) is 0 Å². The number of hydrogen-bond acceptors (Lipinski definition) is 0. The Morgan fingerprint density at radius 3 is 2.55 bits per heavy atom. The van der Waals surface area contributed by atoms with Crippen LogP contribution in [0, 0.1) is 12.4 Å². The normalized spacial score (nSPS) is 9.27. The van der Waals surface area contributed by atoms with Crippen LogP contribution in [0.3, 0.4) is 0 Å². The molecule has 1 nitrogen and oxygen atoms in total. The van der Waals surface area contributed by atoms with Gasteiger partial charge in [-0.25, -0.2) is 9.24 Å². The second kappa shape index (κ2) is 3.08. The van der Waals surface area contributed by atoms with Gasteiger partial charge in [-0.05, 0) is 0 Å². The van der Waals surface area contributed by atoms with E-state index in [-0.39, 0.29) is 15.7 Å². The third kappa shape index (κ3) is 1.45. The molecule has 1 aromatic rings. The molecule has 0 aliphatic heterocycles. The van der Waals surface area contributed by atoms with Crippen molar-refractivity contribution in [1.29, 1.82) is 0 Å². The molecule has 0 fully saturated rings. The summed E-state index contributed by atoms with van der Waals surface area (Å²) in [4.78, 5) is 2.90. The molecule has 0 saturated heterocycles. The van der Waals surface area contributed by atoms with E-state index in [9.17, 15) is 4.39 Å². The maximum atomic E-state index is 12.8. The van der Waals surface area contributed by atoms with Crippen LogP contribution < -0.4 is 0 Å². The van der Waals surface area contributed by atoms with Crippen molar-refractivity contribution in [2.24, 2.45) is 0 Å². The van der Waals surface area contributed by atoms with Crippen molar-refractivity contribution in [3.63, 3.8) is 0 Å². The Bertz CT molecular complexity index is 330. The molecule has 0 N–H and O–H groups in total. The zero-order chi connectivity index (χ0) is 8.43. The van der Waals surface area contributed by atoms with E-state index >= 15 is 0 Å². The molecule has 0 aliphatic carbocycles. The van der Waals surface area contributed by atoms with Crippen LogP contribution in [0.15, 0.2) is 12.1 Å². The number of hydrogen-bond donors (Lipinski definition) is 0. The van der Waals surface area contributed by atoms with E-state index in [1.54, 1.807) is 0 Å². The average Bonchev–Trinajstić information content (AvgIpc) is 2.01. The highest BCUT2D eigenvalue weighted by molar-refractivity contribution is 6.42. The van der Waals surface area contributed by atoms with Gasteiger partial charge < -0.3 is 0 Å². The monoisotopic (exact) mass is 189 g/mol. The van der Waals surface area contributed by atoms with Crippen LogP contribution in [-0.2, 0) is 0 Å². The Hall–Kier alpha value is -0.780. The first-order chi connectivity index (χ1) is 5.16. The molecule has 0 unspecified atom stereocenters. The van der Waals surface area contributed by atoms with E-state index in [1.807, 2.05) is 0 Å². The molecular formula is C7H2Cl2FN. The largest absolute Gasteiger partial charge is 0.235 e. The number of benzene rings is 1. The predicted molar refractivity (Wildman–Crippen MR) is 42.7 cm³/mol. The van der Waals surface area contributed by atoms with Crippen molar-refractivity contribution in [3.8, 4) is 0 Å². The molecule has 0 saturated carbocycles. The van der Waals surface area contributed by atoms with E-state index in [4.69, 9.17) is 29.8 Å². The van der Waals surface area contributed by atoms with Gasteiger partial charge in [-0.1, -0.05) is 35.3 Å². The standard InChI is InChI=1S/C7H2Cl2FN/c1-11-5-3-2-4(8)6(9)7(5)10/h2-3H. The van der Waals surface area contributed by atoms with Crippen molar-refractivity contribution in [2.75, 3.05) is 0 Å². The van der Waals surface area contributed by atoms with Crippen molar-refractivity contribution in [1.82, 2.24) is 0 Å². The van der Waals surface area contributed by atoms with Crippen LogP contribution in [0.2, 0.25) is 10.0 Å². The highest BCUT2D eigenvalue weighted by Gasteiger charge is 2.08. The highest BCUT2D eigenvalue weighted by atomic mass is 35.5. The second-order valence-electron chi connectivity index (χ2n) is 1.81. The maximum Gasteiger partial charge on any atom is 0.223 e. The van der Waals surface area contributed by atoms with Crippen LogP contribution in [0.1, 0.15) is 0 Å². The van der Waals surface area contributed by atoms with Crippen LogP contribution >= 0.6 is 23.2 Å². The third-order valence-corrected chi connectivity index (χ3v) is 1.92. The van der Waals surface area contributed by atoms with Crippen molar-refractivity contribution < 1.29 is 4.39 Å². The molecule has 1 aromatic carbocycles. The minimum absolute atomic E-state index is 0.112. The topological polar surface area (TPSA) is 4.36 Å². The molecule has 0 radical (unpaired) electrons. The summed E-state index contributed by atoms with van der Waals surface area (Å²) in [6, 6.07) is 2.68. The van der Waals surface area contributed by atoms with E-state index in [2.05, 4.69) is 4.85 Å². The summed E-state index contributed by atoms with van der Waals surface area (Å²) in [5, 5.41) is -0.0725. The summed E-state index contributed by atoms with van der Waals surface area (Å²) in [6.07, 6.45) is 0. The molecule has 0 aromatic heterocycles. The summed E-state index contributed by atoms with van der Waals surface area (Å²) in [5.41, 5.74) is -0.112. The molecular weight excluding hydrogens is 188 g/mol. The Balaban J connectivity index is 3.40. The number of halogens is 3. The molecule has 4 heteroatoms. The van der Waals surface area contributed by atoms with Crippen LogP contribution in [-0.4, -0.2) is 0 Å². The molecule has 0 heterocycles. The lowest BCUT2D eigenvalue weighted by Gasteiger charge is -1.97. The molecule has 0 atom stereocenters. The number of nitrogens with zero attached hydrogens (tertiary/aromatic N) is 1. The minimum atomic E-state index is -0.755. The van der Waals surface area contributed by atoms with Gasteiger partial charge in [0.25, 0.3) is 0 Å². The zero-order valence-electron chi connectivity index (χ0n) is 5.24. The SMILES string of the molecule is [C-]#[N+]c1ccc(Cl)c(Cl)c1F. The van der Waals surface area contributed by atoms with Gasteiger partial charge in [0.15, 0.2) is 0 Å². The van der Waals surface area contributed by atoms with Gasteiger partial charge in [0.2, 0.25) is 5.69 Å². The molecule has 0 spiro atoms. The lowest BCUT2D eigenvalue weighted by atomic mass is 10.3. The van der Waals surface area contributed by atoms with Crippen molar-refractivity contribution >= 4 is 28.9 Å². The Labute approximate surface area is 73.2 Å². The van der Waals surface area contributed by atoms with Crippen molar-refractivity contribution in [2.45, 2.75) is 0 Å². The predicted octanol–water partition coefficient (Wildman–Crippen LogP) is 3.68. The van der Waals surface area contributed by atoms with Gasteiger partial charge in [0.05, 0.1) is 16.6 Å². The third-order valence-electron chi connectivity index (χ3n) is 1.14. The lowest BCUT2D eigenvalue weighted by Crippen LogP contribution is -1.77. The van der Waals surface area contributed by atoms with Gasteiger partial charge >= 0.3 is 0 Å². The Morgan fingerprint density at radius 2 is 2.00 bits per heavy atom. The quantitative estimate of drug-likeness (QED) is 0.434. The molecule has 11 heavy (non-hydrogen) atoms. The summed E-state index contributed by atoms with van der Waals surface area (Å²) >= 11 is 10.9. The van der Waals surface area contributed by atoms with Crippen LogP contribution in [0.5, 0.6) is 0 Å². The van der Waals surface area contributed by atoms with Gasteiger partial charge in [-0.2, -0.15) is 0 Å². The molecule has 0 amide bonds. The maximum absolute atomic E-state index is 12.8. The summed E-state index contributed by atoms with van der Waals surface area (Å²) in [6.45, 7) is 6.53. The molecule has 56 valence electrons. The smallest absolute Gasteiger partial charge is 0.223 e. The van der Waals surface area contributed by atoms with Crippen LogP contribution in [0.25, 0.3) is 4.85 Å². The van der Waals surface area contributed by atoms with Gasteiger partial charge in [-0.3, -0.25) is 0 Å². The fourth-order valence-corrected chi connectivity index (χ4v) is 0.908. The highest BCUT2D eigenvalue weighted by Crippen LogP contribution is 2.31. The van der Waals surface area contributed by atoms with E-state index in [1.165, 1.54) is 12.1 Å². The summed E-state index contributed by atoms with van der Waals surface area (Å²) in [7, 11) is 0. The first-order valence-electron chi connectivity index (χ1n) is 2.67. The van der Waals surface area contributed by atoms with E-state index in [0.717, 1.165) is 0 Å². The van der Waals surface area contributed by atoms with E-state index in [0.29, 0.717) is 0 Å². The Morgan fingerprint density at radius 1 is 1.36 bits per heavy atom. The van der Waals surface area contributed by atoms with Crippen LogP contribution in [0.4, 0.5) is 10.1 Å². The van der Waals surface area contributed by atoms with Gasteiger partial charge in [0.1, 0.15) is 5.82 Å². The zero-order valence-corrected chi connectivity index (χ0v) is 6.75. The number of rotatable bonds is 0. The molecule has 1 rings (SSSR count). The first kappa shape index (κ1) is 8.32.